The second-order valence-electron chi connectivity index (χ2n) is 11.7. The van der Waals surface area contributed by atoms with Crippen LogP contribution in [0.25, 0.3) is 11.1 Å². The molecule has 0 saturated heterocycles. The van der Waals surface area contributed by atoms with Crippen LogP contribution in [0.1, 0.15) is 37.5 Å². The SMILES string of the molecule is Cc1ccc(-c2ccc(COc3ccc(C[C@H](NC(=O)OC(C)(C)C)C(=O)NS(=O)(=O)c4ccc(Cl)c([N+](=O)[O-])c4)cc3)cc2)cc1. The van der Waals surface area contributed by atoms with Crippen molar-refractivity contribution in [3.05, 3.63) is 123 Å². The summed E-state index contributed by atoms with van der Waals surface area (Å²) >= 11 is 5.80. The summed E-state index contributed by atoms with van der Waals surface area (Å²) < 4.78 is 39.0. The highest BCUT2D eigenvalue weighted by atomic mass is 35.5. The molecule has 2 amide bonds. The van der Waals surface area contributed by atoms with Gasteiger partial charge in [0.25, 0.3) is 21.6 Å². The fourth-order valence-corrected chi connectivity index (χ4v) is 5.61. The fourth-order valence-electron chi connectivity index (χ4n) is 4.38. The summed E-state index contributed by atoms with van der Waals surface area (Å²) in [4.78, 5) is 35.7. The molecule has 0 bridgehead atoms. The molecule has 0 heterocycles. The van der Waals surface area contributed by atoms with Gasteiger partial charge in [0.2, 0.25) is 0 Å². The number of alkyl carbamates (subject to hydrolysis) is 1. The molecule has 0 aliphatic heterocycles. The molecule has 4 aromatic rings. The van der Waals surface area contributed by atoms with Crippen molar-refractivity contribution in [1.82, 2.24) is 10.0 Å². The number of amides is 2. The maximum atomic E-state index is 13.2. The number of carbonyl (C=O) groups excluding carboxylic acids is 2. The molecular weight excluding hydrogens is 646 g/mol. The molecule has 0 saturated carbocycles. The van der Waals surface area contributed by atoms with E-state index in [1.807, 2.05) is 35.9 Å². The number of aryl methyl sites for hydroxylation is 1. The monoisotopic (exact) mass is 679 g/mol. The Labute approximate surface area is 278 Å². The highest BCUT2D eigenvalue weighted by molar-refractivity contribution is 7.90. The number of sulfonamides is 1. The minimum absolute atomic E-state index is 0.109. The minimum Gasteiger partial charge on any atom is -0.489 e. The zero-order valence-electron chi connectivity index (χ0n) is 26.2. The molecule has 4 rings (SSSR count). The predicted molar refractivity (Wildman–Crippen MR) is 178 cm³/mol. The highest BCUT2D eigenvalue weighted by Gasteiger charge is 2.29. The average Bonchev–Trinajstić information content (AvgIpc) is 3.00. The molecule has 47 heavy (non-hydrogen) atoms. The largest absolute Gasteiger partial charge is 0.489 e. The molecule has 0 spiro atoms. The lowest BCUT2D eigenvalue weighted by molar-refractivity contribution is -0.384. The summed E-state index contributed by atoms with van der Waals surface area (Å²) in [5.74, 6) is -0.521. The molecule has 0 aliphatic rings. The van der Waals surface area contributed by atoms with E-state index in [4.69, 9.17) is 21.1 Å². The predicted octanol–water partition coefficient (Wildman–Crippen LogP) is 6.74. The Morgan fingerprint density at radius 2 is 1.47 bits per heavy atom. The number of hydrogen-bond acceptors (Lipinski definition) is 8. The number of hydrogen-bond donors (Lipinski definition) is 2. The summed E-state index contributed by atoms with van der Waals surface area (Å²) in [6, 6.07) is 24.5. The third kappa shape index (κ3) is 10.0. The first-order valence-electron chi connectivity index (χ1n) is 14.5. The number of nitrogens with one attached hydrogen (secondary N) is 2. The number of nitrogens with zero attached hydrogens (tertiary/aromatic N) is 1. The molecule has 0 unspecified atom stereocenters. The number of nitro benzene ring substituents is 1. The first-order valence-corrected chi connectivity index (χ1v) is 16.3. The van der Waals surface area contributed by atoms with Crippen molar-refractivity contribution in [2.75, 3.05) is 0 Å². The smallest absolute Gasteiger partial charge is 0.408 e. The van der Waals surface area contributed by atoms with E-state index >= 15 is 0 Å². The van der Waals surface area contributed by atoms with E-state index < -0.39 is 49.2 Å². The van der Waals surface area contributed by atoms with Crippen LogP contribution in [-0.4, -0.2) is 37.0 Å². The Morgan fingerprint density at radius 3 is 2.04 bits per heavy atom. The molecule has 1 atom stereocenters. The van der Waals surface area contributed by atoms with Gasteiger partial charge in [-0.15, -0.1) is 0 Å². The molecule has 4 aromatic carbocycles. The minimum atomic E-state index is -4.58. The van der Waals surface area contributed by atoms with Crippen molar-refractivity contribution >= 4 is 39.3 Å². The summed E-state index contributed by atoms with van der Waals surface area (Å²) in [6.07, 6.45) is -1.05. The molecule has 0 fully saturated rings. The van der Waals surface area contributed by atoms with Crippen LogP contribution in [0.3, 0.4) is 0 Å². The molecule has 0 radical (unpaired) electrons. The van der Waals surface area contributed by atoms with E-state index in [2.05, 4.69) is 29.6 Å². The number of halogens is 1. The van der Waals surface area contributed by atoms with Gasteiger partial charge < -0.3 is 14.8 Å². The Bertz CT molecular complexity index is 1860. The highest BCUT2D eigenvalue weighted by Crippen LogP contribution is 2.27. The first-order chi connectivity index (χ1) is 22.1. The van der Waals surface area contributed by atoms with Crippen LogP contribution in [0, 0.1) is 17.0 Å². The van der Waals surface area contributed by atoms with Crippen LogP contribution in [-0.2, 0) is 32.6 Å². The average molecular weight is 680 g/mol. The number of ether oxygens (including phenoxy) is 2. The standard InChI is InChI=1S/C34H34ClN3O8S/c1-22-5-11-25(12-6-22)26-13-7-24(8-14-26)21-45-27-15-9-23(10-16-27)19-30(36-33(40)46-34(2,3)4)32(39)37-47(43,44)28-17-18-29(35)31(20-28)38(41)42/h5-18,20,30H,19,21H2,1-4H3,(H,36,40)(H,37,39)/t30-/m0/s1. The maximum Gasteiger partial charge on any atom is 0.408 e. The van der Waals surface area contributed by atoms with Gasteiger partial charge in [-0.2, -0.15) is 0 Å². The van der Waals surface area contributed by atoms with Gasteiger partial charge in [0.05, 0.1) is 9.82 Å². The number of nitro groups is 1. The zero-order valence-corrected chi connectivity index (χ0v) is 27.7. The molecule has 0 aromatic heterocycles. The molecular formula is C34H34ClN3O8S. The zero-order chi connectivity index (χ0) is 34.4. The van der Waals surface area contributed by atoms with Crippen molar-refractivity contribution in [1.29, 1.82) is 0 Å². The van der Waals surface area contributed by atoms with Crippen LogP contribution < -0.4 is 14.8 Å². The second-order valence-corrected chi connectivity index (χ2v) is 13.8. The van der Waals surface area contributed by atoms with E-state index in [-0.39, 0.29) is 11.4 Å². The number of rotatable bonds is 11. The van der Waals surface area contributed by atoms with E-state index in [1.165, 1.54) is 5.56 Å². The van der Waals surface area contributed by atoms with Gasteiger partial charge in [-0.3, -0.25) is 14.9 Å². The fraction of sp³-hybridized carbons (Fsp3) is 0.235. The summed E-state index contributed by atoms with van der Waals surface area (Å²) in [6.45, 7) is 7.27. The first kappa shape index (κ1) is 34.9. The lowest BCUT2D eigenvalue weighted by atomic mass is 10.0. The summed E-state index contributed by atoms with van der Waals surface area (Å²) in [7, 11) is -4.58. The van der Waals surface area contributed by atoms with Crippen molar-refractivity contribution in [3.8, 4) is 16.9 Å². The van der Waals surface area contributed by atoms with Gasteiger partial charge in [0, 0.05) is 12.5 Å². The summed E-state index contributed by atoms with van der Waals surface area (Å²) in [5, 5.41) is 13.4. The Balaban J connectivity index is 1.44. The Kier molecular flexibility index (Phi) is 10.9. The molecule has 11 nitrogen and oxygen atoms in total. The lowest BCUT2D eigenvalue weighted by Crippen LogP contribution is -2.50. The van der Waals surface area contributed by atoms with E-state index in [9.17, 15) is 28.1 Å². The topological polar surface area (TPSA) is 154 Å². The third-order valence-corrected chi connectivity index (χ3v) is 8.44. The van der Waals surface area contributed by atoms with Crippen LogP contribution in [0.5, 0.6) is 5.75 Å². The Morgan fingerprint density at radius 1 is 0.894 bits per heavy atom. The number of benzene rings is 4. The molecule has 246 valence electrons. The van der Waals surface area contributed by atoms with Gasteiger partial charge in [0.1, 0.15) is 29.0 Å². The van der Waals surface area contributed by atoms with E-state index in [1.54, 1.807) is 45.0 Å². The normalized spacial score (nSPS) is 12.1. The van der Waals surface area contributed by atoms with E-state index in [0.29, 0.717) is 17.9 Å². The van der Waals surface area contributed by atoms with Gasteiger partial charge in [-0.1, -0.05) is 77.8 Å². The van der Waals surface area contributed by atoms with E-state index in [0.717, 1.165) is 34.9 Å². The van der Waals surface area contributed by atoms with Crippen molar-refractivity contribution in [3.63, 3.8) is 0 Å². The third-order valence-electron chi connectivity index (χ3n) is 6.77. The molecule has 13 heteroatoms. The second kappa shape index (κ2) is 14.7. The van der Waals surface area contributed by atoms with Crippen LogP contribution in [0.2, 0.25) is 5.02 Å². The molecule has 2 N–H and O–H groups in total. The van der Waals surface area contributed by atoms with Crippen LogP contribution >= 0.6 is 11.6 Å². The van der Waals surface area contributed by atoms with Crippen LogP contribution in [0.15, 0.2) is 95.9 Å². The maximum absolute atomic E-state index is 13.2. The lowest BCUT2D eigenvalue weighted by Gasteiger charge is -2.23. The van der Waals surface area contributed by atoms with Gasteiger partial charge in [-0.05, 0) is 74.2 Å². The summed E-state index contributed by atoms with van der Waals surface area (Å²) in [5.41, 5.74) is 3.43. The van der Waals surface area contributed by atoms with Crippen LogP contribution in [0.4, 0.5) is 10.5 Å². The quantitative estimate of drug-likeness (QED) is 0.130. The Hall–Kier alpha value is -4.94. The van der Waals surface area contributed by atoms with Crippen molar-refractivity contribution in [2.45, 2.75) is 57.3 Å². The van der Waals surface area contributed by atoms with Gasteiger partial charge in [0.15, 0.2) is 0 Å². The van der Waals surface area contributed by atoms with Gasteiger partial charge >= 0.3 is 6.09 Å². The van der Waals surface area contributed by atoms with Gasteiger partial charge in [-0.25, -0.2) is 17.9 Å². The number of carbonyl (C=O) groups is 2. The van der Waals surface area contributed by atoms with Crippen molar-refractivity contribution in [2.24, 2.45) is 0 Å². The molecule has 0 aliphatic carbocycles. The van der Waals surface area contributed by atoms with Crippen molar-refractivity contribution < 1.29 is 32.4 Å².